The molecule has 0 aromatic heterocycles. The van der Waals surface area contributed by atoms with Gasteiger partial charge in [0.1, 0.15) is 0 Å². The molecule has 110 valence electrons. The summed E-state index contributed by atoms with van der Waals surface area (Å²) in [5.74, 6) is 0.190. The second-order valence-corrected chi connectivity index (χ2v) is 5.22. The van der Waals surface area contributed by atoms with Gasteiger partial charge in [0.15, 0.2) is 0 Å². The SMILES string of the molecule is CNCC(=O)N1CCC(OCCc2ccccc2)CC1. The van der Waals surface area contributed by atoms with Gasteiger partial charge in [-0.1, -0.05) is 30.3 Å². The van der Waals surface area contributed by atoms with Crippen LogP contribution >= 0.6 is 0 Å². The van der Waals surface area contributed by atoms with E-state index in [0.29, 0.717) is 12.6 Å². The molecule has 1 aromatic carbocycles. The number of hydrogen-bond acceptors (Lipinski definition) is 3. The van der Waals surface area contributed by atoms with Crippen LogP contribution in [-0.2, 0) is 16.0 Å². The number of nitrogens with zero attached hydrogens (tertiary/aromatic N) is 1. The van der Waals surface area contributed by atoms with Gasteiger partial charge in [-0.05, 0) is 31.9 Å². The topological polar surface area (TPSA) is 41.6 Å². The van der Waals surface area contributed by atoms with Crippen LogP contribution in [0.5, 0.6) is 0 Å². The van der Waals surface area contributed by atoms with E-state index >= 15 is 0 Å². The maximum Gasteiger partial charge on any atom is 0.236 e. The van der Waals surface area contributed by atoms with E-state index in [4.69, 9.17) is 4.74 Å². The molecule has 1 saturated heterocycles. The van der Waals surface area contributed by atoms with Crippen molar-refractivity contribution in [1.82, 2.24) is 10.2 Å². The number of likely N-dealkylation sites (tertiary alicyclic amines) is 1. The summed E-state index contributed by atoms with van der Waals surface area (Å²) in [6.07, 6.45) is 3.16. The van der Waals surface area contributed by atoms with Gasteiger partial charge < -0.3 is 15.0 Å². The van der Waals surface area contributed by atoms with Crippen molar-refractivity contribution >= 4 is 5.91 Å². The molecule has 1 aromatic rings. The predicted molar refractivity (Wildman–Crippen MR) is 79.6 cm³/mol. The molecule has 1 aliphatic rings. The fourth-order valence-electron chi connectivity index (χ4n) is 2.52. The van der Waals surface area contributed by atoms with E-state index < -0.39 is 0 Å². The van der Waals surface area contributed by atoms with Crippen LogP contribution in [0.2, 0.25) is 0 Å². The molecule has 1 N–H and O–H groups in total. The summed E-state index contributed by atoms with van der Waals surface area (Å²) in [6, 6.07) is 10.4. The second-order valence-electron chi connectivity index (χ2n) is 5.22. The number of ether oxygens (including phenoxy) is 1. The summed E-state index contributed by atoms with van der Waals surface area (Å²) >= 11 is 0. The van der Waals surface area contributed by atoms with Crippen LogP contribution in [0, 0.1) is 0 Å². The van der Waals surface area contributed by atoms with Gasteiger partial charge in [0.2, 0.25) is 5.91 Å². The summed E-state index contributed by atoms with van der Waals surface area (Å²) < 4.78 is 5.92. The zero-order valence-electron chi connectivity index (χ0n) is 12.2. The number of nitrogens with one attached hydrogen (secondary N) is 1. The average Bonchev–Trinajstić information content (AvgIpc) is 2.49. The van der Waals surface area contributed by atoms with Crippen LogP contribution < -0.4 is 5.32 Å². The molecular weight excluding hydrogens is 252 g/mol. The van der Waals surface area contributed by atoms with E-state index in [1.165, 1.54) is 5.56 Å². The molecule has 1 amide bonds. The number of piperidine rings is 1. The van der Waals surface area contributed by atoms with Crippen molar-refractivity contribution in [2.45, 2.75) is 25.4 Å². The molecule has 0 unspecified atom stereocenters. The van der Waals surface area contributed by atoms with Crippen molar-refractivity contribution in [3.63, 3.8) is 0 Å². The van der Waals surface area contributed by atoms with E-state index in [1.807, 2.05) is 11.0 Å². The largest absolute Gasteiger partial charge is 0.378 e. The van der Waals surface area contributed by atoms with Crippen molar-refractivity contribution in [3.05, 3.63) is 35.9 Å². The first-order valence-electron chi connectivity index (χ1n) is 7.37. The van der Waals surface area contributed by atoms with Gasteiger partial charge >= 0.3 is 0 Å². The molecule has 1 aliphatic heterocycles. The van der Waals surface area contributed by atoms with Crippen LogP contribution in [0.25, 0.3) is 0 Å². The minimum atomic E-state index is 0.190. The number of carbonyl (C=O) groups is 1. The van der Waals surface area contributed by atoms with E-state index in [2.05, 4.69) is 29.6 Å². The van der Waals surface area contributed by atoms with Crippen LogP contribution in [0.4, 0.5) is 0 Å². The fraction of sp³-hybridized carbons (Fsp3) is 0.562. The molecule has 1 fully saturated rings. The van der Waals surface area contributed by atoms with Crippen molar-refractivity contribution in [2.75, 3.05) is 33.3 Å². The Morgan fingerprint density at radius 3 is 2.65 bits per heavy atom. The summed E-state index contributed by atoms with van der Waals surface area (Å²) in [6.45, 7) is 2.83. The predicted octanol–water partition coefficient (Wildman–Crippen LogP) is 1.46. The first-order chi connectivity index (χ1) is 9.79. The van der Waals surface area contributed by atoms with Gasteiger partial charge in [0.05, 0.1) is 19.3 Å². The highest BCUT2D eigenvalue weighted by atomic mass is 16.5. The average molecular weight is 276 g/mol. The fourth-order valence-corrected chi connectivity index (χ4v) is 2.52. The third-order valence-electron chi connectivity index (χ3n) is 3.71. The van der Waals surface area contributed by atoms with Crippen LogP contribution in [0.15, 0.2) is 30.3 Å². The molecule has 0 atom stereocenters. The Morgan fingerprint density at radius 2 is 2.00 bits per heavy atom. The van der Waals surface area contributed by atoms with Crippen LogP contribution in [-0.4, -0.2) is 50.2 Å². The van der Waals surface area contributed by atoms with Gasteiger partial charge in [-0.25, -0.2) is 0 Å². The van der Waals surface area contributed by atoms with Crippen LogP contribution in [0.3, 0.4) is 0 Å². The molecular formula is C16H24N2O2. The quantitative estimate of drug-likeness (QED) is 0.855. The smallest absolute Gasteiger partial charge is 0.236 e. The Kier molecular flexibility index (Phi) is 6.02. The third-order valence-corrected chi connectivity index (χ3v) is 3.71. The highest BCUT2D eigenvalue weighted by molar-refractivity contribution is 5.78. The summed E-state index contributed by atoms with van der Waals surface area (Å²) in [5, 5.41) is 2.91. The number of likely N-dealkylation sites (N-methyl/N-ethyl adjacent to an activating group) is 1. The number of amides is 1. The Bertz CT molecular complexity index is 400. The zero-order valence-corrected chi connectivity index (χ0v) is 12.2. The van der Waals surface area contributed by atoms with Crippen molar-refractivity contribution in [3.8, 4) is 0 Å². The first-order valence-corrected chi connectivity index (χ1v) is 7.37. The standard InChI is InChI=1S/C16H24N2O2/c1-17-13-16(19)18-10-7-15(8-11-18)20-12-9-14-5-3-2-4-6-14/h2-6,15,17H,7-13H2,1H3. The van der Waals surface area contributed by atoms with E-state index in [-0.39, 0.29) is 5.91 Å². The van der Waals surface area contributed by atoms with Crippen molar-refractivity contribution in [2.24, 2.45) is 0 Å². The highest BCUT2D eigenvalue weighted by Crippen LogP contribution is 2.14. The molecule has 1 heterocycles. The van der Waals surface area contributed by atoms with Crippen LogP contribution in [0.1, 0.15) is 18.4 Å². The first kappa shape index (κ1) is 15.0. The lowest BCUT2D eigenvalue weighted by Gasteiger charge is -2.32. The van der Waals surface area contributed by atoms with Gasteiger partial charge in [-0.2, -0.15) is 0 Å². The zero-order chi connectivity index (χ0) is 14.2. The molecule has 20 heavy (non-hydrogen) atoms. The second kappa shape index (κ2) is 8.02. The van der Waals surface area contributed by atoms with Gasteiger partial charge in [0, 0.05) is 13.1 Å². The molecule has 0 aliphatic carbocycles. The molecule has 0 saturated carbocycles. The Hall–Kier alpha value is -1.39. The van der Waals surface area contributed by atoms with Crippen molar-refractivity contribution in [1.29, 1.82) is 0 Å². The number of benzene rings is 1. The molecule has 0 spiro atoms. The normalized spacial score (nSPS) is 16.4. The Labute approximate surface area is 121 Å². The number of rotatable bonds is 6. The van der Waals surface area contributed by atoms with Crippen molar-refractivity contribution < 1.29 is 9.53 Å². The monoisotopic (exact) mass is 276 g/mol. The van der Waals surface area contributed by atoms with E-state index in [0.717, 1.165) is 39.0 Å². The Morgan fingerprint density at radius 1 is 1.30 bits per heavy atom. The molecule has 4 nitrogen and oxygen atoms in total. The summed E-state index contributed by atoms with van der Waals surface area (Å²) in [5.41, 5.74) is 1.31. The maximum atomic E-state index is 11.7. The summed E-state index contributed by atoms with van der Waals surface area (Å²) in [7, 11) is 1.80. The van der Waals surface area contributed by atoms with Gasteiger partial charge in [-0.15, -0.1) is 0 Å². The van der Waals surface area contributed by atoms with Gasteiger partial charge in [0.25, 0.3) is 0 Å². The molecule has 4 heteroatoms. The highest BCUT2D eigenvalue weighted by Gasteiger charge is 2.22. The molecule has 0 bridgehead atoms. The molecule has 2 rings (SSSR count). The minimum Gasteiger partial charge on any atom is -0.378 e. The summed E-state index contributed by atoms with van der Waals surface area (Å²) in [4.78, 5) is 13.7. The lowest BCUT2D eigenvalue weighted by atomic mass is 10.1. The lowest BCUT2D eigenvalue weighted by Crippen LogP contribution is -2.44. The van der Waals surface area contributed by atoms with E-state index in [1.54, 1.807) is 7.05 Å². The lowest BCUT2D eigenvalue weighted by molar-refractivity contribution is -0.132. The molecule has 0 radical (unpaired) electrons. The van der Waals surface area contributed by atoms with E-state index in [9.17, 15) is 4.79 Å². The number of hydrogen-bond donors (Lipinski definition) is 1. The third kappa shape index (κ3) is 4.62. The Balaban J connectivity index is 1.63. The van der Waals surface area contributed by atoms with Gasteiger partial charge in [-0.3, -0.25) is 4.79 Å². The minimum absolute atomic E-state index is 0.190. The number of carbonyl (C=O) groups excluding carboxylic acids is 1. The maximum absolute atomic E-state index is 11.7.